The number of hydrogen-bond acceptors (Lipinski definition) is 4. The first-order valence-electron chi connectivity index (χ1n) is 7.07. The predicted octanol–water partition coefficient (Wildman–Crippen LogP) is 0.829. The van der Waals surface area contributed by atoms with Crippen molar-refractivity contribution < 1.29 is 4.79 Å². The van der Waals surface area contributed by atoms with Crippen LogP contribution in [0.4, 0.5) is 0 Å². The average Bonchev–Trinajstić information content (AvgIpc) is 2.90. The molecule has 1 saturated heterocycles. The van der Waals surface area contributed by atoms with Gasteiger partial charge >= 0.3 is 0 Å². The number of nitrogens with zero attached hydrogens (tertiary/aromatic N) is 3. The van der Waals surface area contributed by atoms with Crippen LogP contribution in [0.15, 0.2) is 0 Å². The SMILES string of the molecule is CCc1nc(C(=O)NCCC2CCN(C)CC2)n[nH]1. The Kier molecular flexibility index (Phi) is 4.90. The summed E-state index contributed by atoms with van der Waals surface area (Å²) in [5.74, 6) is 1.56. The molecule has 0 radical (unpaired) electrons. The van der Waals surface area contributed by atoms with E-state index in [1.54, 1.807) is 0 Å². The maximum Gasteiger partial charge on any atom is 0.290 e. The molecule has 1 fully saturated rings. The van der Waals surface area contributed by atoms with Crippen molar-refractivity contribution in [3.63, 3.8) is 0 Å². The Bertz CT molecular complexity index is 409. The third kappa shape index (κ3) is 4.02. The molecule has 1 aliphatic rings. The van der Waals surface area contributed by atoms with Crippen molar-refractivity contribution in [2.24, 2.45) is 5.92 Å². The quantitative estimate of drug-likeness (QED) is 0.827. The molecule has 1 aromatic rings. The number of rotatable bonds is 5. The first kappa shape index (κ1) is 14.0. The molecule has 106 valence electrons. The predicted molar refractivity (Wildman–Crippen MR) is 72.9 cm³/mol. The van der Waals surface area contributed by atoms with Gasteiger partial charge in [0.25, 0.3) is 5.91 Å². The molecule has 0 saturated carbocycles. The fraction of sp³-hybridized carbons (Fsp3) is 0.769. The summed E-state index contributed by atoms with van der Waals surface area (Å²) in [6.45, 7) is 5.02. The number of aryl methyl sites for hydroxylation is 1. The molecule has 2 N–H and O–H groups in total. The van der Waals surface area contributed by atoms with E-state index >= 15 is 0 Å². The van der Waals surface area contributed by atoms with Gasteiger partial charge in [0, 0.05) is 13.0 Å². The van der Waals surface area contributed by atoms with E-state index < -0.39 is 0 Å². The smallest absolute Gasteiger partial charge is 0.290 e. The summed E-state index contributed by atoms with van der Waals surface area (Å²) in [5.41, 5.74) is 0. The number of aromatic nitrogens is 3. The summed E-state index contributed by atoms with van der Waals surface area (Å²) < 4.78 is 0. The molecule has 0 aliphatic carbocycles. The van der Waals surface area contributed by atoms with Crippen molar-refractivity contribution >= 4 is 5.91 Å². The highest BCUT2D eigenvalue weighted by atomic mass is 16.2. The average molecular weight is 265 g/mol. The van der Waals surface area contributed by atoms with Crippen molar-refractivity contribution in [1.82, 2.24) is 25.4 Å². The molecular formula is C13H23N5O. The van der Waals surface area contributed by atoms with Gasteiger partial charge in [-0.1, -0.05) is 6.92 Å². The van der Waals surface area contributed by atoms with E-state index in [1.165, 1.54) is 25.9 Å². The number of nitrogens with one attached hydrogen (secondary N) is 2. The molecule has 1 aliphatic heterocycles. The van der Waals surface area contributed by atoms with Crippen LogP contribution in [0, 0.1) is 5.92 Å². The van der Waals surface area contributed by atoms with Crippen LogP contribution < -0.4 is 5.32 Å². The zero-order valence-corrected chi connectivity index (χ0v) is 11.8. The molecule has 2 rings (SSSR count). The second-order valence-electron chi connectivity index (χ2n) is 5.25. The van der Waals surface area contributed by atoms with Crippen LogP contribution in [0.3, 0.4) is 0 Å². The molecule has 0 unspecified atom stereocenters. The molecule has 19 heavy (non-hydrogen) atoms. The molecule has 6 nitrogen and oxygen atoms in total. The van der Waals surface area contributed by atoms with E-state index in [4.69, 9.17) is 0 Å². The van der Waals surface area contributed by atoms with Gasteiger partial charge in [0.2, 0.25) is 5.82 Å². The van der Waals surface area contributed by atoms with Gasteiger partial charge in [-0.05, 0) is 45.3 Å². The Morgan fingerprint density at radius 3 is 2.84 bits per heavy atom. The number of aromatic amines is 1. The lowest BCUT2D eigenvalue weighted by molar-refractivity contribution is 0.0939. The number of amides is 1. The molecule has 2 heterocycles. The molecule has 1 aromatic heterocycles. The van der Waals surface area contributed by atoms with Crippen LogP contribution in [0.25, 0.3) is 0 Å². The van der Waals surface area contributed by atoms with Crippen molar-refractivity contribution in [1.29, 1.82) is 0 Å². The van der Waals surface area contributed by atoms with Gasteiger partial charge in [0.15, 0.2) is 0 Å². The second kappa shape index (κ2) is 6.65. The maximum atomic E-state index is 11.8. The second-order valence-corrected chi connectivity index (χ2v) is 5.25. The molecule has 6 heteroatoms. The van der Waals surface area contributed by atoms with Crippen molar-refractivity contribution in [3.8, 4) is 0 Å². The van der Waals surface area contributed by atoms with Crippen molar-refractivity contribution in [2.75, 3.05) is 26.7 Å². The fourth-order valence-corrected chi connectivity index (χ4v) is 2.37. The summed E-state index contributed by atoms with van der Waals surface area (Å²) in [6, 6.07) is 0. The number of likely N-dealkylation sites (tertiary alicyclic amines) is 1. The van der Waals surface area contributed by atoms with Crippen LogP contribution in [0.2, 0.25) is 0 Å². The van der Waals surface area contributed by atoms with E-state index in [2.05, 4.69) is 32.4 Å². The number of hydrogen-bond donors (Lipinski definition) is 2. The Labute approximate surface area is 114 Å². The van der Waals surface area contributed by atoms with E-state index in [9.17, 15) is 4.79 Å². The summed E-state index contributed by atoms with van der Waals surface area (Å²) >= 11 is 0. The largest absolute Gasteiger partial charge is 0.349 e. The summed E-state index contributed by atoms with van der Waals surface area (Å²) in [5, 5.41) is 9.56. The number of carbonyl (C=O) groups is 1. The van der Waals surface area contributed by atoms with Gasteiger partial charge < -0.3 is 10.2 Å². The highest BCUT2D eigenvalue weighted by Crippen LogP contribution is 2.18. The van der Waals surface area contributed by atoms with Gasteiger partial charge in [-0.3, -0.25) is 9.89 Å². The van der Waals surface area contributed by atoms with Crippen LogP contribution in [-0.2, 0) is 6.42 Å². The highest BCUT2D eigenvalue weighted by Gasteiger charge is 2.17. The topological polar surface area (TPSA) is 73.9 Å². The number of piperidine rings is 1. The monoisotopic (exact) mass is 265 g/mol. The zero-order valence-electron chi connectivity index (χ0n) is 11.8. The lowest BCUT2D eigenvalue weighted by atomic mass is 9.94. The van der Waals surface area contributed by atoms with Crippen LogP contribution in [-0.4, -0.2) is 52.7 Å². The Morgan fingerprint density at radius 1 is 1.47 bits per heavy atom. The zero-order chi connectivity index (χ0) is 13.7. The Hall–Kier alpha value is -1.43. The van der Waals surface area contributed by atoms with Crippen molar-refractivity contribution in [2.45, 2.75) is 32.6 Å². The van der Waals surface area contributed by atoms with Gasteiger partial charge in [-0.25, -0.2) is 4.98 Å². The first-order valence-corrected chi connectivity index (χ1v) is 7.07. The Morgan fingerprint density at radius 2 is 2.21 bits per heavy atom. The molecule has 0 spiro atoms. The molecule has 0 aromatic carbocycles. The summed E-state index contributed by atoms with van der Waals surface area (Å²) in [6.07, 6.45) is 4.26. The minimum atomic E-state index is -0.177. The van der Waals surface area contributed by atoms with E-state index in [-0.39, 0.29) is 11.7 Å². The standard InChI is InChI=1S/C13H23N5O/c1-3-11-15-12(17-16-11)13(19)14-7-4-10-5-8-18(2)9-6-10/h10H,3-9H2,1-2H3,(H,14,19)(H,15,16,17). The third-order valence-corrected chi connectivity index (χ3v) is 3.75. The number of H-pyrrole nitrogens is 1. The van der Waals surface area contributed by atoms with E-state index in [0.717, 1.165) is 24.6 Å². The van der Waals surface area contributed by atoms with Crippen LogP contribution >= 0.6 is 0 Å². The maximum absolute atomic E-state index is 11.8. The molecular weight excluding hydrogens is 242 g/mol. The van der Waals surface area contributed by atoms with E-state index in [1.807, 2.05) is 6.92 Å². The van der Waals surface area contributed by atoms with Gasteiger partial charge in [0.05, 0.1) is 0 Å². The minimum absolute atomic E-state index is 0.177. The van der Waals surface area contributed by atoms with Gasteiger partial charge in [-0.2, -0.15) is 0 Å². The number of carbonyl (C=O) groups excluding carboxylic acids is 1. The highest BCUT2D eigenvalue weighted by molar-refractivity contribution is 5.90. The lowest BCUT2D eigenvalue weighted by Crippen LogP contribution is -2.33. The van der Waals surface area contributed by atoms with Gasteiger partial charge in [-0.15, -0.1) is 5.10 Å². The van der Waals surface area contributed by atoms with Crippen LogP contribution in [0.5, 0.6) is 0 Å². The molecule has 0 atom stereocenters. The minimum Gasteiger partial charge on any atom is -0.349 e. The summed E-state index contributed by atoms with van der Waals surface area (Å²) in [4.78, 5) is 18.3. The van der Waals surface area contributed by atoms with Crippen LogP contribution in [0.1, 0.15) is 42.6 Å². The normalized spacial score (nSPS) is 17.6. The van der Waals surface area contributed by atoms with E-state index in [0.29, 0.717) is 6.54 Å². The summed E-state index contributed by atoms with van der Waals surface area (Å²) in [7, 11) is 2.16. The Balaban J connectivity index is 1.69. The molecule has 1 amide bonds. The fourth-order valence-electron chi connectivity index (χ4n) is 2.37. The van der Waals surface area contributed by atoms with Crippen molar-refractivity contribution in [3.05, 3.63) is 11.6 Å². The lowest BCUT2D eigenvalue weighted by Gasteiger charge is -2.28. The van der Waals surface area contributed by atoms with Gasteiger partial charge in [0.1, 0.15) is 5.82 Å². The first-order chi connectivity index (χ1) is 9.19. The third-order valence-electron chi connectivity index (χ3n) is 3.75. The molecule has 0 bridgehead atoms.